The maximum absolute atomic E-state index is 13.0. The van der Waals surface area contributed by atoms with Crippen LogP contribution in [-0.2, 0) is 0 Å². The molecule has 0 saturated carbocycles. The highest BCUT2D eigenvalue weighted by molar-refractivity contribution is 7.12. The normalized spacial score (nSPS) is 12.9. The van der Waals surface area contributed by atoms with Gasteiger partial charge < -0.3 is 5.73 Å². The van der Waals surface area contributed by atoms with E-state index in [1.54, 1.807) is 19.1 Å². The van der Waals surface area contributed by atoms with Crippen molar-refractivity contribution in [2.45, 2.75) is 25.8 Å². The highest BCUT2D eigenvalue weighted by Crippen LogP contribution is 2.29. The molecule has 2 atom stereocenters. The monoisotopic (exact) mass is 332 g/mol. The van der Waals surface area contributed by atoms with E-state index in [0.29, 0.717) is 5.06 Å². The molecule has 2 rings (SSSR count). The molecule has 2 unspecified atom stereocenters. The van der Waals surface area contributed by atoms with Crippen LogP contribution in [0, 0.1) is 17.7 Å². The molecule has 120 valence electrons. The van der Waals surface area contributed by atoms with Gasteiger partial charge in [0.2, 0.25) is 0 Å². The van der Waals surface area contributed by atoms with Crippen molar-refractivity contribution in [3.8, 4) is 11.8 Å². The third-order valence-electron chi connectivity index (χ3n) is 3.42. The predicted molar refractivity (Wildman–Crippen MR) is 87.8 cm³/mol. The van der Waals surface area contributed by atoms with Crippen LogP contribution < -0.4 is 5.73 Å². The summed E-state index contributed by atoms with van der Waals surface area (Å²) < 4.78 is 13.0. The van der Waals surface area contributed by atoms with Crippen LogP contribution in [0.25, 0.3) is 0 Å². The van der Waals surface area contributed by atoms with Crippen LogP contribution in [0.5, 0.6) is 0 Å². The van der Waals surface area contributed by atoms with Gasteiger partial charge in [0.25, 0.3) is 0 Å². The smallest absolute Gasteiger partial charge is 0.339 e. The lowest BCUT2D eigenvalue weighted by Gasteiger charge is -2.14. The third-order valence-corrected chi connectivity index (χ3v) is 4.60. The van der Waals surface area contributed by atoms with Crippen molar-refractivity contribution >= 4 is 17.4 Å². The van der Waals surface area contributed by atoms with E-state index in [0.717, 1.165) is 15.3 Å². The van der Waals surface area contributed by atoms with Gasteiger partial charge in [-0.25, -0.2) is 9.18 Å². The molecule has 0 aliphatic heterocycles. The van der Waals surface area contributed by atoms with Crippen LogP contribution in [0.15, 0.2) is 36.4 Å². The predicted octanol–water partition coefficient (Wildman–Crippen LogP) is 3.55. The summed E-state index contributed by atoms with van der Waals surface area (Å²) >= 11 is 1.52. The summed E-state index contributed by atoms with van der Waals surface area (Å²) in [5, 5.41) is 9.76. The topological polar surface area (TPSA) is 66.6 Å². The highest BCUT2D eigenvalue weighted by atomic mass is 32.1. The third kappa shape index (κ3) is 4.31. The zero-order valence-electron chi connectivity index (χ0n) is 12.8. The molecule has 6 heteroatoms. The molecule has 4 nitrogen and oxygen atoms in total. The summed E-state index contributed by atoms with van der Waals surface area (Å²) in [6, 6.07) is 8.65. The molecule has 23 heavy (non-hydrogen) atoms. The van der Waals surface area contributed by atoms with Gasteiger partial charge in [-0.05, 0) is 36.8 Å². The molecular formula is C17H17FN2O2S. The molecule has 0 spiro atoms. The lowest BCUT2D eigenvalue weighted by molar-refractivity contribution is -0.0536. The van der Waals surface area contributed by atoms with E-state index in [1.165, 1.54) is 23.5 Å². The number of hydroxylamine groups is 2. The molecule has 2 aromatic rings. The number of hydrogen-bond acceptors (Lipinski definition) is 3. The summed E-state index contributed by atoms with van der Waals surface area (Å²) in [5.41, 5.74) is 5.99. The van der Waals surface area contributed by atoms with Gasteiger partial charge in [0, 0.05) is 10.8 Å². The first-order valence-electron chi connectivity index (χ1n) is 7.02. The van der Waals surface area contributed by atoms with Gasteiger partial charge >= 0.3 is 6.03 Å². The Hall–Kier alpha value is -2.36. The maximum atomic E-state index is 13.0. The van der Waals surface area contributed by atoms with E-state index in [-0.39, 0.29) is 11.7 Å². The number of benzene rings is 1. The van der Waals surface area contributed by atoms with Gasteiger partial charge in [-0.15, -0.1) is 11.3 Å². The van der Waals surface area contributed by atoms with Crippen molar-refractivity contribution in [3.63, 3.8) is 0 Å². The average molecular weight is 332 g/mol. The summed E-state index contributed by atoms with van der Waals surface area (Å²) in [4.78, 5) is 12.8. The number of rotatable bonds is 3. The summed E-state index contributed by atoms with van der Waals surface area (Å²) in [6.45, 7) is 3.62. The minimum Gasteiger partial charge on any atom is -0.350 e. The van der Waals surface area contributed by atoms with Gasteiger partial charge in [-0.3, -0.25) is 5.21 Å². The fourth-order valence-corrected chi connectivity index (χ4v) is 2.94. The van der Waals surface area contributed by atoms with Gasteiger partial charge in [-0.1, -0.05) is 30.9 Å². The zero-order chi connectivity index (χ0) is 17.0. The first-order valence-corrected chi connectivity index (χ1v) is 7.84. The van der Waals surface area contributed by atoms with Crippen LogP contribution in [0.4, 0.5) is 9.18 Å². The second kappa shape index (κ2) is 7.27. The molecule has 3 N–H and O–H groups in total. The van der Waals surface area contributed by atoms with E-state index < -0.39 is 12.1 Å². The molecule has 0 aliphatic carbocycles. The molecule has 0 saturated heterocycles. The molecule has 0 bridgehead atoms. The first-order chi connectivity index (χ1) is 10.9. The van der Waals surface area contributed by atoms with Crippen molar-refractivity contribution in [3.05, 3.63) is 57.5 Å². The Morgan fingerprint density at radius 1 is 1.26 bits per heavy atom. The number of nitrogens with two attached hydrogens (primary N) is 1. The SMILES string of the molecule is CC(c1ccc(F)cc1)c1ccc(C#CC(C)N(O)C(N)=O)s1. The minimum atomic E-state index is -0.941. The Kier molecular flexibility index (Phi) is 5.37. The molecule has 2 amide bonds. The van der Waals surface area contributed by atoms with E-state index in [2.05, 4.69) is 11.8 Å². The number of amides is 2. The summed E-state index contributed by atoms with van der Waals surface area (Å²) in [5.74, 6) is 5.56. The number of carbonyl (C=O) groups is 1. The Morgan fingerprint density at radius 3 is 2.52 bits per heavy atom. The average Bonchev–Trinajstić information content (AvgIpc) is 3.00. The number of hydrogen-bond donors (Lipinski definition) is 2. The van der Waals surface area contributed by atoms with Gasteiger partial charge in [0.1, 0.15) is 11.9 Å². The Morgan fingerprint density at radius 2 is 1.91 bits per heavy atom. The Labute approximate surface area is 138 Å². The van der Waals surface area contributed by atoms with Gasteiger partial charge in [-0.2, -0.15) is 5.06 Å². The van der Waals surface area contributed by atoms with Crippen LogP contribution in [0.2, 0.25) is 0 Å². The van der Waals surface area contributed by atoms with Crippen LogP contribution in [-0.4, -0.2) is 22.3 Å². The van der Waals surface area contributed by atoms with Crippen molar-refractivity contribution in [1.82, 2.24) is 5.06 Å². The molecule has 1 aromatic heterocycles. The number of carbonyl (C=O) groups excluding carboxylic acids is 1. The van der Waals surface area contributed by atoms with Crippen molar-refractivity contribution in [1.29, 1.82) is 0 Å². The van der Waals surface area contributed by atoms with Crippen molar-refractivity contribution in [2.24, 2.45) is 5.73 Å². The first kappa shape index (κ1) is 17.0. The number of halogens is 1. The van der Waals surface area contributed by atoms with E-state index in [1.807, 2.05) is 19.1 Å². The van der Waals surface area contributed by atoms with Gasteiger partial charge in [0.15, 0.2) is 0 Å². The van der Waals surface area contributed by atoms with E-state index >= 15 is 0 Å². The zero-order valence-corrected chi connectivity index (χ0v) is 13.6. The largest absolute Gasteiger partial charge is 0.350 e. The fourth-order valence-electron chi connectivity index (χ4n) is 2.00. The standard InChI is InChI=1S/C17H17FN2O2S/c1-11(20(22)17(19)21)3-8-15-9-10-16(23-15)12(2)13-4-6-14(18)7-5-13/h4-7,9-12,22H,1-2H3,(H2,19,21). The number of thiophene rings is 1. The van der Waals surface area contributed by atoms with Crippen molar-refractivity contribution in [2.75, 3.05) is 0 Å². The summed E-state index contributed by atoms with van der Waals surface area (Å²) in [6.07, 6.45) is 0. The number of urea groups is 1. The second-order valence-corrected chi connectivity index (χ2v) is 6.22. The van der Waals surface area contributed by atoms with E-state index in [9.17, 15) is 14.4 Å². The Balaban J connectivity index is 2.12. The molecule has 0 fully saturated rings. The maximum Gasteiger partial charge on any atom is 0.339 e. The van der Waals surface area contributed by atoms with Gasteiger partial charge in [0.05, 0.1) is 4.88 Å². The van der Waals surface area contributed by atoms with E-state index in [4.69, 9.17) is 5.73 Å². The van der Waals surface area contributed by atoms with Crippen LogP contribution >= 0.6 is 11.3 Å². The molecule has 1 heterocycles. The molecule has 0 radical (unpaired) electrons. The quantitative estimate of drug-likeness (QED) is 0.513. The number of primary amides is 1. The Bertz CT molecular complexity index is 746. The molecule has 1 aromatic carbocycles. The molecule has 0 aliphatic rings. The lowest BCUT2D eigenvalue weighted by Crippen LogP contribution is -2.38. The fraction of sp³-hybridized carbons (Fsp3) is 0.235. The van der Waals surface area contributed by atoms with Crippen LogP contribution in [0.1, 0.15) is 35.1 Å². The minimum absolute atomic E-state index is 0.133. The molecular weight excluding hydrogens is 315 g/mol. The summed E-state index contributed by atoms with van der Waals surface area (Å²) in [7, 11) is 0. The van der Waals surface area contributed by atoms with Crippen LogP contribution in [0.3, 0.4) is 0 Å². The number of nitrogens with zero attached hydrogens (tertiary/aromatic N) is 1. The van der Waals surface area contributed by atoms with Crippen molar-refractivity contribution < 1.29 is 14.4 Å². The highest BCUT2D eigenvalue weighted by Gasteiger charge is 2.13. The lowest BCUT2D eigenvalue weighted by atomic mass is 10.00. The second-order valence-electron chi connectivity index (χ2n) is 5.10.